The molecular weight excluding hydrogens is 287 g/mol. The highest BCUT2D eigenvalue weighted by Gasteiger charge is 2.24. The number of hydrogen-bond acceptors (Lipinski definition) is 3. The summed E-state index contributed by atoms with van der Waals surface area (Å²) in [5, 5.41) is 2.05. The molecule has 1 saturated heterocycles. The quantitative estimate of drug-likeness (QED) is 0.653. The van der Waals surface area contributed by atoms with Crippen molar-refractivity contribution in [3.8, 4) is 0 Å². The number of nitrogens with one attached hydrogen (secondary N) is 1. The van der Waals surface area contributed by atoms with Crippen molar-refractivity contribution in [3.05, 3.63) is 40.7 Å². The Balaban J connectivity index is 2.06. The van der Waals surface area contributed by atoms with Crippen molar-refractivity contribution >= 4 is 35.4 Å². The molecule has 104 valence electrons. The van der Waals surface area contributed by atoms with Gasteiger partial charge >= 0.3 is 0 Å². The van der Waals surface area contributed by atoms with E-state index >= 15 is 0 Å². The zero-order chi connectivity index (χ0) is 14.7. The van der Waals surface area contributed by atoms with E-state index in [1.54, 1.807) is 0 Å². The Labute approximate surface area is 119 Å². The molecule has 1 aromatic carbocycles. The van der Waals surface area contributed by atoms with Gasteiger partial charge in [0.2, 0.25) is 17.7 Å². The third-order valence-electron chi connectivity index (χ3n) is 2.62. The van der Waals surface area contributed by atoms with Gasteiger partial charge in [-0.15, -0.1) is 0 Å². The average Bonchev–Trinajstić information content (AvgIpc) is 2.38. The summed E-state index contributed by atoms with van der Waals surface area (Å²) in [5.74, 6) is -2.07. The van der Waals surface area contributed by atoms with Crippen LogP contribution in [0.5, 0.6) is 0 Å². The predicted molar refractivity (Wildman–Crippen MR) is 70.2 cm³/mol. The summed E-state index contributed by atoms with van der Waals surface area (Å²) in [5.41, 5.74) is 0.539. The molecular formula is C13H10ClFN2O3. The molecule has 0 radical (unpaired) electrons. The van der Waals surface area contributed by atoms with E-state index in [4.69, 9.17) is 11.6 Å². The standard InChI is InChI=1S/C13H10ClFN2O3/c14-9-5-8(1-3-10(9)15)2-4-13(20)17-6-11(18)16-12(19)7-17/h1-5H,6-7H2,(H,16,18,19). The Morgan fingerprint density at radius 1 is 1.30 bits per heavy atom. The number of hydrogen-bond donors (Lipinski definition) is 1. The van der Waals surface area contributed by atoms with Gasteiger partial charge in [0.25, 0.3) is 0 Å². The van der Waals surface area contributed by atoms with Crippen LogP contribution in [0.3, 0.4) is 0 Å². The van der Waals surface area contributed by atoms with Crippen LogP contribution in [0, 0.1) is 5.82 Å². The van der Waals surface area contributed by atoms with Crippen LogP contribution in [-0.4, -0.2) is 35.7 Å². The summed E-state index contributed by atoms with van der Waals surface area (Å²) in [6.07, 6.45) is 2.64. The molecule has 1 heterocycles. The zero-order valence-corrected chi connectivity index (χ0v) is 11.0. The van der Waals surface area contributed by atoms with Gasteiger partial charge in [-0.05, 0) is 23.8 Å². The molecule has 3 amide bonds. The van der Waals surface area contributed by atoms with Crippen molar-refractivity contribution in [2.24, 2.45) is 0 Å². The Kier molecular flexibility index (Phi) is 4.14. The van der Waals surface area contributed by atoms with Crippen LogP contribution in [0.4, 0.5) is 4.39 Å². The second kappa shape index (κ2) is 5.83. The summed E-state index contributed by atoms with van der Waals surface area (Å²) in [4.78, 5) is 35.2. The number of amides is 3. The fourth-order valence-electron chi connectivity index (χ4n) is 1.68. The van der Waals surface area contributed by atoms with E-state index in [9.17, 15) is 18.8 Å². The number of benzene rings is 1. The van der Waals surface area contributed by atoms with Crippen molar-refractivity contribution in [1.82, 2.24) is 10.2 Å². The molecule has 0 saturated carbocycles. The second-order valence-electron chi connectivity index (χ2n) is 4.17. The van der Waals surface area contributed by atoms with Crippen molar-refractivity contribution in [3.63, 3.8) is 0 Å². The van der Waals surface area contributed by atoms with Crippen LogP contribution in [0.15, 0.2) is 24.3 Å². The van der Waals surface area contributed by atoms with Crippen molar-refractivity contribution in [2.45, 2.75) is 0 Å². The highest BCUT2D eigenvalue weighted by Crippen LogP contribution is 2.16. The topological polar surface area (TPSA) is 66.5 Å². The lowest BCUT2D eigenvalue weighted by Gasteiger charge is -2.24. The molecule has 2 rings (SSSR count). The predicted octanol–water partition coefficient (Wildman–Crippen LogP) is 0.977. The number of piperazine rings is 1. The normalized spacial score (nSPS) is 15.6. The molecule has 1 aromatic rings. The molecule has 1 aliphatic heterocycles. The minimum absolute atomic E-state index is 0.0490. The number of halogens is 2. The Morgan fingerprint density at radius 2 is 1.95 bits per heavy atom. The third kappa shape index (κ3) is 3.42. The van der Waals surface area contributed by atoms with E-state index in [-0.39, 0.29) is 18.1 Å². The number of imide groups is 1. The Hall–Kier alpha value is -2.21. The van der Waals surface area contributed by atoms with Gasteiger partial charge in [0.1, 0.15) is 18.9 Å². The van der Waals surface area contributed by atoms with Gasteiger partial charge in [0.15, 0.2) is 0 Å². The van der Waals surface area contributed by atoms with E-state index in [0.717, 1.165) is 4.90 Å². The van der Waals surface area contributed by atoms with Gasteiger partial charge in [-0.25, -0.2) is 4.39 Å². The monoisotopic (exact) mass is 296 g/mol. The van der Waals surface area contributed by atoms with Gasteiger partial charge < -0.3 is 4.90 Å². The van der Waals surface area contributed by atoms with Crippen LogP contribution in [-0.2, 0) is 14.4 Å². The van der Waals surface area contributed by atoms with E-state index in [2.05, 4.69) is 5.32 Å². The fraction of sp³-hybridized carbons (Fsp3) is 0.154. The van der Waals surface area contributed by atoms with E-state index in [0.29, 0.717) is 5.56 Å². The molecule has 0 aliphatic carbocycles. The lowest BCUT2D eigenvalue weighted by atomic mass is 10.2. The first-order chi connectivity index (χ1) is 9.45. The summed E-state index contributed by atoms with van der Waals surface area (Å²) in [6.45, 7) is -0.335. The van der Waals surface area contributed by atoms with E-state index in [1.807, 2.05) is 0 Å². The molecule has 1 fully saturated rings. The molecule has 0 unspecified atom stereocenters. The summed E-state index contributed by atoms with van der Waals surface area (Å²) >= 11 is 5.61. The number of nitrogens with zero attached hydrogens (tertiary/aromatic N) is 1. The maximum atomic E-state index is 13.0. The maximum Gasteiger partial charge on any atom is 0.247 e. The number of carbonyl (C=O) groups is 3. The van der Waals surface area contributed by atoms with Crippen LogP contribution >= 0.6 is 11.6 Å². The van der Waals surface area contributed by atoms with E-state index < -0.39 is 23.5 Å². The molecule has 1 aliphatic rings. The lowest BCUT2D eigenvalue weighted by molar-refractivity contribution is -0.143. The smallest absolute Gasteiger partial charge is 0.247 e. The SMILES string of the molecule is O=C1CN(C(=O)C=Cc2ccc(F)c(Cl)c2)CC(=O)N1. The zero-order valence-electron chi connectivity index (χ0n) is 10.2. The molecule has 20 heavy (non-hydrogen) atoms. The molecule has 0 bridgehead atoms. The fourth-order valence-corrected chi connectivity index (χ4v) is 1.87. The van der Waals surface area contributed by atoms with Crippen LogP contribution in [0.2, 0.25) is 5.02 Å². The average molecular weight is 297 g/mol. The molecule has 0 spiro atoms. The van der Waals surface area contributed by atoms with Crippen molar-refractivity contribution in [2.75, 3.05) is 13.1 Å². The summed E-state index contributed by atoms with van der Waals surface area (Å²) in [6, 6.07) is 4.01. The van der Waals surface area contributed by atoms with Crippen molar-refractivity contribution < 1.29 is 18.8 Å². The first kappa shape index (κ1) is 14.2. The Bertz CT molecular complexity index is 600. The van der Waals surface area contributed by atoms with Gasteiger partial charge in [-0.1, -0.05) is 17.7 Å². The van der Waals surface area contributed by atoms with Crippen LogP contribution in [0.1, 0.15) is 5.56 Å². The minimum atomic E-state index is -0.548. The van der Waals surface area contributed by atoms with Crippen molar-refractivity contribution in [1.29, 1.82) is 0 Å². The Morgan fingerprint density at radius 3 is 2.55 bits per heavy atom. The lowest BCUT2D eigenvalue weighted by Crippen LogP contribution is -2.52. The summed E-state index contributed by atoms with van der Waals surface area (Å²) < 4.78 is 13.0. The largest absolute Gasteiger partial charge is 0.321 e. The van der Waals surface area contributed by atoms with Gasteiger partial charge in [0.05, 0.1) is 5.02 Å². The molecule has 1 N–H and O–H groups in total. The first-order valence-corrected chi connectivity index (χ1v) is 6.08. The minimum Gasteiger partial charge on any atom is -0.321 e. The number of carbonyl (C=O) groups excluding carboxylic acids is 3. The van der Waals surface area contributed by atoms with Gasteiger partial charge in [-0.3, -0.25) is 19.7 Å². The van der Waals surface area contributed by atoms with Gasteiger partial charge in [-0.2, -0.15) is 0 Å². The molecule has 7 heteroatoms. The van der Waals surface area contributed by atoms with Crippen LogP contribution < -0.4 is 5.32 Å². The highest BCUT2D eigenvalue weighted by atomic mass is 35.5. The third-order valence-corrected chi connectivity index (χ3v) is 2.91. The maximum absolute atomic E-state index is 13.0. The molecule has 0 aromatic heterocycles. The molecule has 5 nitrogen and oxygen atoms in total. The first-order valence-electron chi connectivity index (χ1n) is 5.70. The molecule has 0 atom stereocenters. The summed E-state index contributed by atoms with van der Waals surface area (Å²) in [7, 11) is 0. The second-order valence-corrected chi connectivity index (χ2v) is 4.58. The van der Waals surface area contributed by atoms with Crippen LogP contribution in [0.25, 0.3) is 6.08 Å². The van der Waals surface area contributed by atoms with E-state index in [1.165, 1.54) is 30.4 Å². The van der Waals surface area contributed by atoms with Gasteiger partial charge in [0, 0.05) is 6.08 Å². The highest BCUT2D eigenvalue weighted by molar-refractivity contribution is 6.30. The number of rotatable bonds is 2.